The smallest absolute Gasteiger partial charge is 0.227 e. The lowest BCUT2D eigenvalue weighted by Crippen LogP contribution is -2.38. The van der Waals surface area contributed by atoms with E-state index in [0.717, 1.165) is 52.7 Å². The van der Waals surface area contributed by atoms with Gasteiger partial charge in [-0.15, -0.1) is 0 Å². The summed E-state index contributed by atoms with van der Waals surface area (Å²) < 4.78 is 6.40. The molecule has 0 atom stereocenters. The number of anilines is 2. The number of pyridine rings is 1. The van der Waals surface area contributed by atoms with E-state index in [2.05, 4.69) is 15.2 Å². The number of nitrogens with one attached hydrogen (secondary N) is 1. The monoisotopic (exact) mass is 368 g/mol. The molecule has 0 unspecified atom stereocenters. The molecule has 0 spiro atoms. The summed E-state index contributed by atoms with van der Waals surface area (Å²) in [5.74, 6) is 0.950. The van der Waals surface area contributed by atoms with Crippen LogP contribution in [0.1, 0.15) is 12.8 Å². The van der Waals surface area contributed by atoms with Crippen molar-refractivity contribution >= 4 is 38.3 Å². The lowest BCUT2D eigenvalue weighted by molar-refractivity contribution is -0.120. The Bertz CT molecular complexity index is 904. The second kappa shape index (κ2) is 7.29. The maximum atomic E-state index is 12.4. The molecule has 0 aliphatic carbocycles. The fourth-order valence-electron chi connectivity index (χ4n) is 3.17. The Kier molecular flexibility index (Phi) is 4.71. The maximum absolute atomic E-state index is 12.4. The number of nitrogens with zero attached hydrogens (tertiary/aromatic N) is 3. The van der Waals surface area contributed by atoms with Gasteiger partial charge in [-0.1, -0.05) is 11.3 Å². The van der Waals surface area contributed by atoms with Crippen LogP contribution in [0.5, 0.6) is 5.75 Å². The summed E-state index contributed by atoms with van der Waals surface area (Å²) >= 11 is 1.67. The quantitative estimate of drug-likeness (QED) is 0.763. The highest BCUT2D eigenvalue weighted by Crippen LogP contribution is 2.33. The first-order valence-electron chi connectivity index (χ1n) is 8.63. The molecule has 134 valence electrons. The molecule has 7 heteroatoms. The molecule has 1 aliphatic rings. The van der Waals surface area contributed by atoms with Crippen LogP contribution in [-0.2, 0) is 4.79 Å². The number of amides is 1. The normalized spacial score (nSPS) is 15.2. The van der Waals surface area contributed by atoms with Crippen LogP contribution in [0.15, 0.2) is 42.7 Å². The number of rotatable bonds is 4. The zero-order valence-electron chi connectivity index (χ0n) is 14.5. The van der Waals surface area contributed by atoms with E-state index >= 15 is 0 Å². The van der Waals surface area contributed by atoms with Gasteiger partial charge >= 0.3 is 0 Å². The molecule has 4 rings (SSSR count). The number of thiazole rings is 1. The van der Waals surface area contributed by atoms with Gasteiger partial charge in [0.15, 0.2) is 5.13 Å². The average Bonchev–Trinajstić information content (AvgIpc) is 3.12. The van der Waals surface area contributed by atoms with E-state index in [1.807, 2.05) is 30.3 Å². The second-order valence-electron chi connectivity index (χ2n) is 6.32. The Balaban J connectivity index is 1.39. The van der Waals surface area contributed by atoms with Crippen molar-refractivity contribution < 1.29 is 9.53 Å². The number of hydrogen-bond acceptors (Lipinski definition) is 6. The van der Waals surface area contributed by atoms with Crippen LogP contribution in [0.25, 0.3) is 10.2 Å². The lowest BCUT2D eigenvalue weighted by atomic mass is 9.96. The fourth-order valence-corrected chi connectivity index (χ4v) is 4.21. The van der Waals surface area contributed by atoms with Crippen molar-refractivity contribution in [3.8, 4) is 5.75 Å². The van der Waals surface area contributed by atoms with Crippen LogP contribution in [0.2, 0.25) is 0 Å². The zero-order chi connectivity index (χ0) is 17.9. The molecule has 1 N–H and O–H groups in total. The van der Waals surface area contributed by atoms with E-state index in [0.29, 0.717) is 0 Å². The molecule has 0 saturated carbocycles. The van der Waals surface area contributed by atoms with Crippen LogP contribution >= 0.6 is 11.3 Å². The van der Waals surface area contributed by atoms with Gasteiger partial charge in [0.25, 0.3) is 0 Å². The number of hydrogen-bond donors (Lipinski definition) is 1. The van der Waals surface area contributed by atoms with Crippen LogP contribution in [0.3, 0.4) is 0 Å². The minimum Gasteiger partial charge on any atom is -0.497 e. The van der Waals surface area contributed by atoms with Crippen molar-refractivity contribution in [2.45, 2.75) is 12.8 Å². The fraction of sp³-hybridized carbons (Fsp3) is 0.316. The largest absolute Gasteiger partial charge is 0.497 e. The van der Waals surface area contributed by atoms with E-state index in [1.54, 1.807) is 30.8 Å². The zero-order valence-corrected chi connectivity index (χ0v) is 15.3. The van der Waals surface area contributed by atoms with Gasteiger partial charge in [0.1, 0.15) is 5.75 Å². The standard InChI is InChI=1S/C19H20N4O2S/c1-25-15-4-5-16-17(11-15)26-19(22-16)23-9-6-13(7-10-23)18(24)21-14-3-2-8-20-12-14/h2-5,8,11-13H,6-7,9-10H2,1H3,(H,21,24). The molecule has 6 nitrogen and oxygen atoms in total. The predicted molar refractivity (Wildman–Crippen MR) is 104 cm³/mol. The van der Waals surface area contributed by atoms with E-state index < -0.39 is 0 Å². The van der Waals surface area contributed by atoms with Crippen molar-refractivity contribution in [3.63, 3.8) is 0 Å². The SMILES string of the molecule is COc1ccc2nc(N3CCC(C(=O)Nc4cccnc4)CC3)sc2c1. The van der Waals surface area contributed by atoms with Gasteiger partial charge in [-0.2, -0.15) is 0 Å². The Morgan fingerprint density at radius 1 is 1.31 bits per heavy atom. The number of aromatic nitrogens is 2. The number of ether oxygens (including phenoxy) is 1. The number of fused-ring (bicyclic) bond motifs is 1. The summed E-state index contributed by atoms with van der Waals surface area (Å²) in [4.78, 5) is 23.5. The Morgan fingerprint density at radius 2 is 2.15 bits per heavy atom. The number of benzene rings is 1. The van der Waals surface area contributed by atoms with Crippen LogP contribution in [-0.4, -0.2) is 36.1 Å². The molecule has 1 aliphatic heterocycles. The molecule has 1 aromatic carbocycles. The van der Waals surface area contributed by atoms with E-state index in [4.69, 9.17) is 9.72 Å². The van der Waals surface area contributed by atoms with Gasteiger partial charge in [0, 0.05) is 25.2 Å². The summed E-state index contributed by atoms with van der Waals surface area (Å²) in [5, 5.41) is 3.97. The molecule has 1 saturated heterocycles. The third-order valence-corrected chi connectivity index (χ3v) is 5.73. The Morgan fingerprint density at radius 3 is 2.88 bits per heavy atom. The number of carbonyl (C=O) groups is 1. The van der Waals surface area contributed by atoms with Crippen molar-refractivity contribution in [2.75, 3.05) is 30.4 Å². The minimum absolute atomic E-state index is 0.0286. The first kappa shape index (κ1) is 16.8. The summed E-state index contributed by atoms with van der Waals surface area (Å²) in [6, 6.07) is 9.61. The highest BCUT2D eigenvalue weighted by molar-refractivity contribution is 7.22. The Hall–Kier alpha value is -2.67. The van der Waals surface area contributed by atoms with Crippen molar-refractivity contribution in [1.82, 2.24) is 9.97 Å². The molecular formula is C19H20N4O2S. The summed E-state index contributed by atoms with van der Waals surface area (Å²) in [6.45, 7) is 1.67. The minimum atomic E-state index is 0.0286. The molecule has 2 aromatic heterocycles. The predicted octanol–water partition coefficient (Wildman–Crippen LogP) is 3.56. The van der Waals surface area contributed by atoms with Gasteiger partial charge in [-0.3, -0.25) is 9.78 Å². The van der Waals surface area contributed by atoms with Crippen LogP contribution in [0.4, 0.5) is 10.8 Å². The molecule has 3 aromatic rings. The van der Waals surface area contributed by atoms with Crippen molar-refractivity contribution in [1.29, 1.82) is 0 Å². The maximum Gasteiger partial charge on any atom is 0.227 e. The van der Waals surface area contributed by atoms with E-state index in [-0.39, 0.29) is 11.8 Å². The highest BCUT2D eigenvalue weighted by Gasteiger charge is 2.26. The summed E-state index contributed by atoms with van der Waals surface area (Å²) in [5.41, 5.74) is 1.74. The molecule has 0 bridgehead atoms. The van der Waals surface area contributed by atoms with Gasteiger partial charge < -0.3 is 15.0 Å². The highest BCUT2D eigenvalue weighted by atomic mass is 32.1. The van der Waals surface area contributed by atoms with E-state index in [9.17, 15) is 4.79 Å². The van der Waals surface area contributed by atoms with Gasteiger partial charge in [-0.25, -0.2) is 4.98 Å². The molecule has 3 heterocycles. The number of methoxy groups -OCH3 is 1. The van der Waals surface area contributed by atoms with Gasteiger partial charge in [0.2, 0.25) is 5.91 Å². The molecular weight excluding hydrogens is 348 g/mol. The van der Waals surface area contributed by atoms with Crippen molar-refractivity contribution in [2.24, 2.45) is 5.92 Å². The van der Waals surface area contributed by atoms with Crippen molar-refractivity contribution in [3.05, 3.63) is 42.7 Å². The Labute approximate surface area is 155 Å². The van der Waals surface area contributed by atoms with Crippen LogP contribution in [0, 0.1) is 5.92 Å². The van der Waals surface area contributed by atoms with Gasteiger partial charge in [0.05, 0.1) is 29.2 Å². The lowest BCUT2D eigenvalue weighted by Gasteiger charge is -2.30. The topological polar surface area (TPSA) is 67.3 Å². The second-order valence-corrected chi connectivity index (χ2v) is 7.33. The third kappa shape index (κ3) is 3.48. The number of carbonyl (C=O) groups excluding carboxylic acids is 1. The first-order valence-corrected chi connectivity index (χ1v) is 9.45. The summed E-state index contributed by atoms with van der Waals surface area (Å²) in [6.07, 6.45) is 5.01. The molecule has 1 fully saturated rings. The average molecular weight is 368 g/mol. The number of piperidine rings is 1. The first-order chi connectivity index (χ1) is 12.7. The van der Waals surface area contributed by atoms with Crippen LogP contribution < -0.4 is 15.0 Å². The van der Waals surface area contributed by atoms with Gasteiger partial charge in [-0.05, 0) is 43.2 Å². The third-order valence-electron chi connectivity index (χ3n) is 4.65. The van der Waals surface area contributed by atoms with E-state index in [1.165, 1.54) is 0 Å². The molecule has 0 radical (unpaired) electrons. The molecule has 26 heavy (non-hydrogen) atoms. The summed E-state index contributed by atoms with van der Waals surface area (Å²) in [7, 11) is 1.67. The molecule has 1 amide bonds.